The van der Waals surface area contributed by atoms with Crippen LogP contribution in [0.5, 0.6) is 5.75 Å². The summed E-state index contributed by atoms with van der Waals surface area (Å²) in [5.41, 5.74) is 1.48. The fourth-order valence-corrected chi connectivity index (χ4v) is 5.13. The molecule has 0 spiro atoms. The number of nitrogens with one attached hydrogen (secondary N) is 2. The van der Waals surface area contributed by atoms with Crippen LogP contribution in [0, 0.1) is 0 Å². The molecule has 3 heterocycles. The van der Waals surface area contributed by atoms with E-state index in [4.69, 9.17) is 4.74 Å². The first kappa shape index (κ1) is 29.7. The molecular weight excluding hydrogens is 528 g/mol. The van der Waals surface area contributed by atoms with Crippen molar-refractivity contribution in [2.75, 3.05) is 56.6 Å². The van der Waals surface area contributed by atoms with E-state index in [1.165, 1.54) is 7.05 Å². The van der Waals surface area contributed by atoms with Crippen LogP contribution in [0.2, 0.25) is 0 Å². The van der Waals surface area contributed by atoms with Crippen LogP contribution >= 0.6 is 0 Å². The molecule has 1 aromatic heterocycles. The Morgan fingerprint density at radius 1 is 1.02 bits per heavy atom. The lowest BCUT2D eigenvalue weighted by Gasteiger charge is -2.36. The lowest BCUT2D eigenvalue weighted by atomic mass is 10.1. The molecule has 0 bridgehead atoms. The van der Waals surface area contributed by atoms with E-state index < -0.39 is 23.8 Å². The number of aldehydes is 1. The number of nitrogens with zero attached hydrogens (tertiary/aromatic N) is 4. The second-order valence-electron chi connectivity index (χ2n) is 9.96. The van der Waals surface area contributed by atoms with Crippen LogP contribution < -0.4 is 20.3 Å². The molecule has 2 aliphatic heterocycles. The van der Waals surface area contributed by atoms with Crippen LogP contribution in [0.3, 0.4) is 0 Å². The molecule has 4 rings (SSSR count). The normalized spacial score (nSPS) is 15.8. The Kier molecular flexibility index (Phi) is 10.4. The number of likely N-dealkylation sites (N-methyl/N-ethyl adjacent to an activating group) is 1. The van der Waals surface area contributed by atoms with Gasteiger partial charge in [-0.05, 0) is 62.6 Å². The average molecular weight is 565 g/mol. The first-order valence-corrected chi connectivity index (χ1v) is 13.9. The molecule has 12 heteroatoms. The van der Waals surface area contributed by atoms with Gasteiger partial charge in [-0.1, -0.05) is 0 Å². The predicted molar refractivity (Wildman–Crippen MR) is 152 cm³/mol. The molecule has 4 amide bonds. The third-order valence-corrected chi connectivity index (χ3v) is 7.39. The average Bonchev–Trinajstić information content (AvgIpc) is 3.24. The monoisotopic (exact) mass is 564 g/mol. The Hall–Kier alpha value is -4.32. The number of benzene rings is 1. The molecule has 12 nitrogen and oxygen atoms in total. The van der Waals surface area contributed by atoms with Crippen molar-refractivity contribution in [3.8, 4) is 5.75 Å². The minimum atomic E-state index is -1.04. The van der Waals surface area contributed by atoms with Gasteiger partial charge in [0.15, 0.2) is 0 Å². The fraction of sp³-hybridized carbons (Fsp3) is 0.448. The van der Waals surface area contributed by atoms with E-state index in [1.807, 2.05) is 6.07 Å². The van der Waals surface area contributed by atoms with Gasteiger partial charge in [-0.2, -0.15) is 0 Å². The number of hydrogen-bond acceptors (Lipinski definition) is 9. The first-order valence-electron chi connectivity index (χ1n) is 13.9. The molecule has 1 saturated heterocycles. The van der Waals surface area contributed by atoms with E-state index in [0.717, 1.165) is 62.6 Å². The summed E-state index contributed by atoms with van der Waals surface area (Å²) in [6.45, 7) is 5.28. The molecule has 41 heavy (non-hydrogen) atoms. The van der Waals surface area contributed by atoms with E-state index in [9.17, 15) is 24.0 Å². The maximum Gasteiger partial charge on any atom is 0.262 e. The minimum Gasteiger partial charge on any atom is -0.494 e. The Bertz CT molecular complexity index is 1240. The van der Waals surface area contributed by atoms with Crippen molar-refractivity contribution in [1.82, 2.24) is 20.1 Å². The van der Waals surface area contributed by atoms with Gasteiger partial charge < -0.3 is 25.1 Å². The van der Waals surface area contributed by atoms with E-state index in [2.05, 4.69) is 25.4 Å². The second-order valence-corrected chi connectivity index (χ2v) is 9.96. The molecular formula is C29H36N6O6. The largest absolute Gasteiger partial charge is 0.494 e. The van der Waals surface area contributed by atoms with E-state index >= 15 is 0 Å². The molecule has 1 unspecified atom stereocenters. The molecule has 0 saturated carbocycles. The molecule has 2 N–H and O–H groups in total. The summed E-state index contributed by atoms with van der Waals surface area (Å²) in [6.07, 6.45) is 6.09. The summed E-state index contributed by atoms with van der Waals surface area (Å²) in [4.78, 5) is 69.6. The second kappa shape index (κ2) is 14.4. The predicted octanol–water partition coefficient (Wildman–Crippen LogP) is 1.71. The van der Waals surface area contributed by atoms with Gasteiger partial charge in [0.2, 0.25) is 12.3 Å². The number of unbranched alkanes of at least 4 members (excludes halogenated alkanes) is 2. The highest BCUT2D eigenvalue weighted by Gasteiger charge is 2.42. The zero-order valence-corrected chi connectivity index (χ0v) is 23.2. The first-order chi connectivity index (χ1) is 20.0. The summed E-state index contributed by atoms with van der Waals surface area (Å²) >= 11 is 0. The molecule has 2 aromatic rings. The van der Waals surface area contributed by atoms with Crippen molar-refractivity contribution in [3.63, 3.8) is 0 Å². The van der Waals surface area contributed by atoms with Gasteiger partial charge in [-0.25, -0.2) is 4.98 Å². The number of piperazine rings is 1. The van der Waals surface area contributed by atoms with Gasteiger partial charge in [-0.15, -0.1) is 0 Å². The molecule has 1 fully saturated rings. The maximum absolute atomic E-state index is 13.0. The highest BCUT2D eigenvalue weighted by Crippen LogP contribution is 2.29. The zero-order chi connectivity index (χ0) is 29.2. The summed E-state index contributed by atoms with van der Waals surface area (Å²) < 4.78 is 5.87. The van der Waals surface area contributed by atoms with Crippen LogP contribution in [-0.2, 0) is 14.4 Å². The summed E-state index contributed by atoms with van der Waals surface area (Å²) in [5.74, 6) is -0.555. The number of hydrogen-bond donors (Lipinski definition) is 2. The number of imide groups is 1. The standard InChI is InChI=1S/C29H36N6O6/c1-30-27(38)25(6-5-16-36)35-28(39)23-9-8-22(18-24(23)29(35)40)41-17-4-2-3-11-33-12-14-34(15-13-33)21-7-10-26(31-19-21)32-20-37/h7-10,16,18-20,25H,2-6,11-15,17H2,1H3,(H,30,38)(H,31,32,37). The molecule has 1 atom stereocenters. The number of anilines is 2. The van der Waals surface area contributed by atoms with Gasteiger partial charge in [-0.3, -0.25) is 29.0 Å². The van der Waals surface area contributed by atoms with Gasteiger partial charge in [0.1, 0.15) is 23.9 Å². The highest BCUT2D eigenvalue weighted by molar-refractivity contribution is 6.23. The molecule has 0 radical (unpaired) electrons. The molecule has 1 aromatic carbocycles. The molecule has 218 valence electrons. The Labute approximate surface area is 239 Å². The fourth-order valence-electron chi connectivity index (χ4n) is 5.13. The Morgan fingerprint density at radius 3 is 2.49 bits per heavy atom. The number of aromatic nitrogens is 1. The van der Waals surface area contributed by atoms with Gasteiger partial charge in [0, 0.05) is 39.6 Å². The van der Waals surface area contributed by atoms with E-state index in [-0.39, 0.29) is 24.0 Å². The Balaban J connectivity index is 1.18. The quantitative estimate of drug-likeness (QED) is 0.188. The smallest absolute Gasteiger partial charge is 0.262 e. The van der Waals surface area contributed by atoms with Gasteiger partial charge >= 0.3 is 0 Å². The van der Waals surface area contributed by atoms with Crippen LogP contribution in [0.15, 0.2) is 36.5 Å². The highest BCUT2D eigenvalue weighted by atomic mass is 16.5. The number of pyridine rings is 1. The number of ether oxygens (including phenoxy) is 1. The van der Waals surface area contributed by atoms with Crippen molar-refractivity contribution in [2.45, 2.75) is 38.1 Å². The van der Waals surface area contributed by atoms with Crippen molar-refractivity contribution >= 4 is 41.9 Å². The van der Waals surface area contributed by atoms with Gasteiger partial charge in [0.25, 0.3) is 11.8 Å². The summed E-state index contributed by atoms with van der Waals surface area (Å²) in [5, 5.41) is 5.01. The lowest BCUT2D eigenvalue weighted by molar-refractivity contribution is -0.124. The Morgan fingerprint density at radius 2 is 1.80 bits per heavy atom. The minimum absolute atomic E-state index is 0.0600. The third kappa shape index (κ3) is 7.26. The summed E-state index contributed by atoms with van der Waals surface area (Å²) in [7, 11) is 1.43. The number of carbonyl (C=O) groups is 5. The van der Waals surface area contributed by atoms with Crippen molar-refractivity contribution < 1.29 is 28.7 Å². The molecule has 2 aliphatic rings. The SMILES string of the molecule is CNC(=O)C(CCC=O)N1C(=O)c2ccc(OCCCCCN3CCN(c4ccc(NC=O)nc4)CC3)cc2C1=O. The van der Waals surface area contributed by atoms with E-state index in [1.54, 1.807) is 30.5 Å². The van der Waals surface area contributed by atoms with E-state index in [0.29, 0.717) is 30.9 Å². The van der Waals surface area contributed by atoms with Crippen molar-refractivity contribution in [1.29, 1.82) is 0 Å². The van der Waals surface area contributed by atoms with Crippen LogP contribution in [0.1, 0.15) is 52.8 Å². The molecule has 0 aliphatic carbocycles. The van der Waals surface area contributed by atoms with Crippen molar-refractivity contribution in [3.05, 3.63) is 47.7 Å². The number of rotatable bonds is 15. The number of carbonyl (C=O) groups excluding carboxylic acids is 5. The van der Waals surface area contributed by atoms with Crippen LogP contribution in [0.4, 0.5) is 11.5 Å². The topological polar surface area (TPSA) is 141 Å². The number of amides is 4. The summed E-state index contributed by atoms with van der Waals surface area (Å²) in [6, 6.07) is 7.50. The third-order valence-electron chi connectivity index (χ3n) is 7.39. The maximum atomic E-state index is 13.0. The van der Waals surface area contributed by atoms with Gasteiger partial charge in [0.05, 0.1) is 29.6 Å². The number of fused-ring (bicyclic) bond motifs is 1. The van der Waals surface area contributed by atoms with Crippen LogP contribution in [0.25, 0.3) is 0 Å². The van der Waals surface area contributed by atoms with Crippen LogP contribution in [-0.4, -0.2) is 97.6 Å². The van der Waals surface area contributed by atoms with Crippen molar-refractivity contribution in [2.24, 2.45) is 0 Å². The zero-order valence-electron chi connectivity index (χ0n) is 23.2. The lowest BCUT2D eigenvalue weighted by Crippen LogP contribution is -2.48.